The van der Waals surface area contributed by atoms with E-state index in [-0.39, 0.29) is 0 Å². The summed E-state index contributed by atoms with van der Waals surface area (Å²) in [5, 5.41) is 0. The normalized spacial score (nSPS) is 10.3. The first kappa shape index (κ1) is 12.3. The lowest BCUT2D eigenvalue weighted by Crippen LogP contribution is -2.00. The summed E-state index contributed by atoms with van der Waals surface area (Å²) >= 11 is 1.66. The van der Waals surface area contributed by atoms with Crippen molar-refractivity contribution in [1.82, 2.24) is 0 Å². The summed E-state index contributed by atoms with van der Waals surface area (Å²) in [6, 6.07) is 6.37. The molecule has 0 spiro atoms. The molecule has 2 heteroatoms. The Morgan fingerprint density at radius 2 is 2.07 bits per heavy atom. The highest BCUT2D eigenvalue weighted by Crippen LogP contribution is 2.23. The van der Waals surface area contributed by atoms with Gasteiger partial charge >= 0.3 is 0 Å². The van der Waals surface area contributed by atoms with Crippen LogP contribution >= 0.6 is 11.8 Å². The Bertz CT molecular complexity index is 344. The van der Waals surface area contributed by atoms with Crippen LogP contribution in [0.15, 0.2) is 23.1 Å². The first-order valence-electron chi connectivity index (χ1n) is 5.35. The molecule has 0 aliphatic heterocycles. The molecule has 0 unspecified atom stereocenters. The second-order valence-corrected chi connectivity index (χ2v) is 4.86. The zero-order valence-corrected chi connectivity index (χ0v) is 10.5. The number of carbonyl (C=O) groups is 1. The Labute approximate surface area is 96.3 Å². The molecule has 0 aromatic heterocycles. The number of ketones is 1. The largest absolute Gasteiger partial charge is 0.299 e. The molecule has 0 atom stereocenters. The highest BCUT2D eigenvalue weighted by Gasteiger charge is 2.04. The molecule has 1 rings (SSSR count). The van der Waals surface area contributed by atoms with Crippen molar-refractivity contribution >= 4 is 17.5 Å². The minimum Gasteiger partial charge on any atom is -0.299 e. The van der Waals surface area contributed by atoms with E-state index in [4.69, 9.17) is 0 Å². The number of carbonyl (C=O) groups excluding carboxylic acids is 1. The third kappa shape index (κ3) is 4.08. The van der Waals surface area contributed by atoms with Gasteiger partial charge in [-0.25, -0.2) is 0 Å². The van der Waals surface area contributed by atoms with Crippen molar-refractivity contribution in [2.24, 2.45) is 0 Å². The van der Waals surface area contributed by atoms with Crippen molar-refractivity contribution in [3.05, 3.63) is 29.3 Å². The molecule has 1 aromatic rings. The van der Waals surface area contributed by atoms with Crippen LogP contribution in [0.1, 0.15) is 30.9 Å². The van der Waals surface area contributed by atoms with E-state index in [1.807, 2.05) is 6.92 Å². The Hall–Kier alpha value is -0.760. The van der Waals surface area contributed by atoms with Gasteiger partial charge in [0, 0.05) is 11.3 Å². The fraction of sp³-hybridized carbons (Fsp3) is 0.462. The minimum atomic E-state index is 0.350. The van der Waals surface area contributed by atoms with Crippen molar-refractivity contribution in [2.75, 3.05) is 5.75 Å². The van der Waals surface area contributed by atoms with Crippen molar-refractivity contribution in [3.63, 3.8) is 0 Å². The first-order valence-corrected chi connectivity index (χ1v) is 6.33. The van der Waals surface area contributed by atoms with Gasteiger partial charge in [-0.1, -0.05) is 24.6 Å². The summed E-state index contributed by atoms with van der Waals surface area (Å²) in [5.41, 5.74) is 2.51. The maximum absolute atomic E-state index is 11.4. The summed E-state index contributed by atoms with van der Waals surface area (Å²) in [7, 11) is 0. The topological polar surface area (TPSA) is 17.1 Å². The van der Waals surface area contributed by atoms with Gasteiger partial charge in [-0.05, 0) is 31.9 Å². The number of aryl methyl sites for hydroxylation is 2. The number of benzene rings is 1. The molecule has 1 nitrogen and oxygen atoms in total. The van der Waals surface area contributed by atoms with E-state index in [2.05, 4.69) is 32.0 Å². The predicted molar refractivity (Wildman–Crippen MR) is 66.6 cm³/mol. The smallest absolute Gasteiger partial charge is 0.143 e. The molecule has 0 radical (unpaired) electrons. The SMILES string of the molecule is CCCC(=O)CSc1cc(C)ccc1C. The van der Waals surface area contributed by atoms with Gasteiger partial charge in [-0.15, -0.1) is 11.8 Å². The molecule has 0 heterocycles. The molecule has 0 bridgehead atoms. The van der Waals surface area contributed by atoms with E-state index in [0.29, 0.717) is 18.0 Å². The molecule has 15 heavy (non-hydrogen) atoms. The van der Waals surface area contributed by atoms with Gasteiger partial charge in [0.25, 0.3) is 0 Å². The average Bonchev–Trinajstić information content (AvgIpc) is 2.20. The summed E-state index contributed by atoms with van der Waals surface area (Å²) in [5.74, 6) is 0.960. The summed E-state index contributed by atoms with van der Waals surface area (Å²) < 4.78 is 0. The minimum absolute atomic E-state index is 0.350. The molecule has 1 aromatic carbocycles. The monoisotopic (exact) mass is 222 g/mol. The lowest BCUT2D eigenvalue weighted by Gasteiger charge is -2.05. The molecule has 82 valence electrons. The molecular weight excluding hydrogens is 204 g/mol. The van der Waals surface area contributed by atoms with Crippen molar-refractivity contribution in [2.45, 2.75) is 38.5 Å². The molecule has 0 saturated carbocycles. The van der Waals surface area contributed by atoms with Gasteiger partial charge in [0.1, 0.15) is 5.78 Å². The molecular formula is C13H18OS. The number of rotatable bonds is 5. The average molecular weight is 222 g/mol. The number of hydrogen-bond acceptors (Lipinski definition) is 2. The number of hydrogen-bond donors (Lipinski definition) is 0. The van der Waals surface area contributed by atoms with E-state index >= 15 is 0 Å². The first-order chi connectivity index (χ1) is 7.13. The van der Waals surface area contributed by atoms with Crippen LogP contribution in [0.5, 0.6) is 0 Å². The van der Waals surface area contributed by atoms with Gasteiger partial charge in [-0.2, -0.15) is 0 Å². The molecule has 0 N–H and O–H groups in total. The van der Waals surface area contributed by atoms with Crippen LogP contribution in [0.3, 0.4) is 0 Å². The number of thioether (sulfide) groups is 1. The van der Waals surface area contributed by atoms with E-state index in [0.717, 1.165) is 6.42 Å². The van der Waals surface area contributed by atoms with Gasteiger partial charge in [-0.3, -0.25) is 4.79 Å². The maximum Gasteiger partial charge on any atom is 0.143 e. The van der Waals surface area contributed by atoms with Crippen molar-refractivity contribution < 1.29 is 4.79 Å². The third-order valence-corrected chi connectivity index (χ3v) is 3.48. The second kappa shape index (κ2) is 5.96. The van der Waals surface area contributed by atoms with Gasteiger partial charge in [0.05, 0.1) is 5.75 Å². The van der Waals surface area contributed by atoms with Crippen LogP contribution in [0.25, 0.3) is 0 Å². The highest BCUT2D eigenvalue weighted by molar-refractivity contribution is 8.00. The third-order valence-electron chi connectivity index (χ3n) is 2.26. The fourth-order valence-electron chi connectivity index (χ4n) is 1.37. The van der Waals surface area contributed by atoms with E-state index in [1.165, 1.54) is 16.0 Å². The molecule has 0 aliphatic rings. The Balaban J connectivity index is 2.57. The second-order valence-electron chi connectivity index (χ2n) is 3.85. The van der Waals surface area contributed by atoms with E-state index < -0.39 is 0 Å². The quantitative estimate of drug-likeness (QED) is 0.705. The lowest BCUT2D eigenvalue weighted by atomic mass is 10.2. The van der Waals surface area contributed by atoms with Crippen LogP contribution in [0.4, 0.5) is 0 Å². The van der Waals surface area contributed by atoms with Gasteiger partial charge in [0.15, 0.2) is 0 Å². The number of Topliss-reactive ketones (excluding diaryl/α,β-unsaturated/α-hetero) is 1. The van der Waals surface area contributed by atoms with Crippen LogP contribution < -0.4 is 0 Å². The van der Waals surface area contributed by atoms with Crippen LogP contribution in [-0.4, -0.2) is 11.5 Å². The summed E-state index contributed by atoms with van der Waals surface area (Å²) in [6.07, 6.45) is 1.66. The summed E-state index contributed by atoms with van der Waals surface area (Å²) in [6.45, 7) is 6.21. The van der Waals surface area contributed by atoms with E-state index in [9.17, 15) is 4.79 Å². The van der Waals surface area contributed by atoms with Crippen molar-refractivity contribution in [1.29, 1.82) is 0 Å². The Morgan fingerprint density at radius 3 is 2.73 bits per heavy atom. The van der Waals surface area contributed by atoms with Gasteiger partial charge < -0.3 is 0 Å². The lowest BCUT2D eigenvalue weighted by molar-refractivity contribution is -0.116. The molecule has 0 aliphatic carbocycles. The Kier molecular flexibility index (Phi) is 4.89. The molecule has 0 fully saturated rings. The predicted octanol–water partition coefficient (Wildman–Crippen LogP) is 3.76. The maximum atomic E-state index is 11.4. The molecule has 0 amide bonds. The van der Waals surface area contributed by atoms with E-state index in [1.54, 1.807) is 11.8 Å². The summed E-state index contributed by atoms with van der Waals surface area (Å²) in [4.78, 5) is 12.6. The fourth-order valence-corrected chi connectivity index (χ4v) is 2.40. The van der Waals surface area contributed by atoms with Crippen LogP contribution in [0.2, 0.25) is 0 Å². The standard InChI is InChI=1S/C13H18OS/c1-4-5-12(14)9-15-13-8-10(2)6-7-11(13)3/h6-8H,4-5,9H2,1-3H3. The Morgan fingerprint density at radius 1 is 1.33 bits per heavy atom. The zero-order valence-electron chi connectivity index (χ0n) is 9.67. The van der Waals surface area contributed by atoms with Crippen LogP contribution in [-0.2, 0) is 4.79 Å². The van der Waals surface area contributed by atoms with Crippen LogP contribution in [0, 0.1) is 13.8 Å². The molecule has 0 saturated heterocycles. The highest BCUT2D eigenvalue weighted by atomic mass is 32.2. The zero-order chi connectivity index (χ0) is 11.3. The van der Waals surface area contributed by atoms with Gasteiger partial charge in [0.2, 0.25) is 0 Å². The van der Waals surface area contributed by atoms with Crippen molar-refractivity contribution in [3.8, 4) is 0 Å².